The van der Waals surface area contributed by atoms with Crippen LogP contribution >= 0.6 is 0 Å². The minimum Gasteiger partial charge on any atom is -0.486 e. The minimum absolute atomic E-state index is 0.0850. The lowest BCUT2D eigenvalue weighted by Crippen LogP contribution is -2.07. The van der Waals surface area contributed by atoms with E-state index in [9.17, 15) is 9.18 Å². The van der Waals surface area contributed by atoms with Gasteiger partial charge in [-0.05, 0) is 19.9 Å². The van der Waals surface area contributed by atoms with E-state index in [0.29, 0.717) is 5.76 Å². The van der Waals surface area contributed by atoms with E-state index in [1.54, 1.807) is 19.1 Å². The first-order chi connectivity index (χ1) is 8.08. The maximum absolute atomic E-state index is 12.7. The molecule has 0 rings (SSSR count). The van der Waals surface area contributed by atoms with Crippen LogP contribution in [0.4, 0.5) is 4.39 Å². The molecule has 0 amide bonds. The van der Waals surface area contributed by atoms with Crippen LogP contribution in [-0.4, -0.2) is 19.3 Å². The molecule has 0 bridgehead atoms. The summed E-state index contributed by atoms with van der Waals surface area (Å²) >= 11 is 0. The first-order valence-corrected chi connectivity index (χ1v) is 5.13. The molecule has 17 heavy (non-hydrogen) atoms. The van der Waals surface area contributed by atoms with E-state index in [4.69, 9.17) is 9.47 Å². The summed E-state index contributed by atoms with van der Waals surface area (Å²) in [5.74, 6) is 0.386. The lowest BCUT2D eigenvalue weighted by Gasteiger charge is -2.14. The predicted octanol–water partition coefficient (Wildman–Crippen LogP) is 3.07. The van der Waals surface area contributed by atoms with Crippen LogP contribution in [0.2, 0.25) is 0 Å². The highest BCUT2D eigenvalue weighted by atomic mass is 19.1. The van der Waals surface area contributed by atoms with Gasteiger partial charge in [0, 0.05) is 0 Å². The van der Waals surface area contributed by atoms with Crippen LogP contribution in [0, 0.1) is 0 Å². The Bertz CT molecular complexity index is 354. The van der Waals surface area contributed by atoms with Crippen LogP contribution in [-0.2, 0) is 14.3 Å². The largest absolute Gasteiger partial charge is 0.486 e. The topological polar surface area (TPSA) is 35.5 Å². The van der Waals surface area contributed by atoms with E-state index in [0.717, 1.165) is 0 Å². The molecular formula is C13H17FO3. The van der Waals surface area contributed by atoms with Gasteiger partial charge in [0.05, 0.1) is 5.57 Å². The van der Waals surface area contributed by atoms with Crippen molar-refractivity contribution in [1.82, 2.24) is 0 Å². The van der Waals surface area contributed by atoms with Crippen LogP contribution in [0.3, 0.4) is 0 Å². The molecule has 0 unspecified atom stereocenters. The van der Waals surface area contributed by atoms with Crippen LogP contribution < -0.4 is 0 Å². The standard InChI is InChI=1S/C13H17FO3/c1-5-8-16-11(7-3)12(17-9-6-2)10(4)13(14)15/h5-7H,1-2,8-9H2,3-4H3/b11-7+,12-10-. The molecule has 0 aliphatic heterocycles. The maximum Gasteiger partial charge on any atom is 0.331 e. The van der Waals surface area contributed by atoms with E-state index in [1.807, 2.05) is 0 Å². The summed E-state index contributed by atoms with van der Waals surface area (Å²) < 4.78 is 23.2. The summed E-state index contributed by atoms with van der Waals surface area (Å²) in [6.07, 6.45) is 4.63. The average molecular weight is 240 g/mol. The monoisotopic (exact) mass is 240 g/mol. The second-order valence-electron chi connectivity index (χ2n) is 3.08. The molecule has 0 spiro atoms. The van der Waals surface area contributed by atoms with Gasteiger partial charge in [0.1, 0.15) is 13.2 Å². The number of halogens is 1. The quantitative estimate of drug-likeness (QED) is 0.215. The van der Waals surface area contributed by atoms with Gasteiger partial charge >= 0.3 is 6.04 Å². The number of ether oxygens (including phenoxy) is 2. The zero-order valence-corrected chi connectivity index (χ0v) is 10.2. The van der Waals surface area contributed by atoms with E-state index in [1.165, 1.54) is 13.0 Å². The van der Waals surface area contributed by atoms with E-state index >= 15 is 0 Å². The summed E-state index contributed by atoms with van der Waals surface area (Å²) in [5.41, 5.74) is -0.135. The van der Waals surface area contributed by atoms with Crippen molar-refractivity contribution in [2.45, 2.75) is 13.8 Å². The van der Waals surface area contributed by atoms with Crippen LogP contribution in [0.5, 0.6) is 0 Å². The first kappa shape index (κ1) is 15.2. The summed E-state index contributed by atoms with van der Waals surface area (Å²) in [5, 5.41) is 0. The van der Waals surface area contributed by atoms with Crippen molar-refractivity contribution in [3.63, 3.8) is 0 Å². The molecule has 4 heteroatoms. The second kappa shape index (κ2) is 8.33. The number of rotatable bonds is 8. The molecular weight excluding hydrogens is 223 g/mol. The molecule has 0 radical (unpaired) electrons. The first-order valence-electron chi connectivity index (χ1n) is 5.13. The Kier molecular flexibility index (Phi) is 7.43. The molecule has 0 aliphatic carbocycles. The van der Waals surface area contributed by atoms with E-state index in [-0.39, 0.29) is 24.5 Å². The Morgan fingerprint density at radius 2 is 1.76 bits per heavy atom. The normalized spacial score (nSPS) is 12.5. The summed E-state index contributed by atoms with van der Waals surface area (Å²) in [6.45, 7) is 10.4. The minimum atomic E-state index is -1.55. The lowest BCUT2D eigenvalue weighted by molar-refractivity contribution is -0.125. The Morgan fingerprint density at radius 1 is 1.24 bits per heavy atom. The molecule has 0 saturated heterocycles. The molecule has 3 nitrogen and oxygen atoms in total. The highest BCUT2D eigenvalue weighted by Crippen LogP contribution is 2.19. The number of carbonyl (C=O) groups is 1. The molecule has 0 saturated carbocycles. The van der Waals surface area contributed by atoms with E-state index < -0.39 is 6.04 Å². The number of hydrogen-bond donors (Lipinski definition) is 0. The fraction of sp³-hybridized carbons (Fsp3) is 0.308. The molecule has 94 valence electrons. The van der Waals surface area contributed by atoms with Gasteiger partial charge in [-0.15, -0.1) is 0 Å². The molecule has 0 aromatic carbocycles. The molecule has 0 N–H and O–H groups in total. The van der Waals surface area contributed by atoms with Crippen molar-refractivity contribution in [3.8, 4) is 0 Å². The fourth-order valence-corrected chi connectivity index (χ4v) is 1.02. The van der Waals surface area contributed by atoms with Gasteiger partial charge in [-0.3, -0.25) is 4.79 Å². The summed E-state index contributed by atoms with van der Waals surface area (Å²) in [6, 6.07) is -1.55. The zero-order valence-electron chi connectivity index (χ0n) is 10.2. The van der Waals surface area contributed by atoms with Crippen molar-refractivity contribution in [2.75, 3.05) is 13.2 Å². The van der Waals surface area contributed by atoms with Gasteiger partial charge in [-0.2, -0.15) is 4.39 Å². The third kappa shape index (κ3) is 5.15. The predicted molar refractivity (Wildman–Crippen MR) is 64.9 cm³/mol. The summed E-state index contributed by atoms with van der Waals surface area (Å²) in [4.78, 5) is 10.7. The van der Waals surface area contributed by atoms with Crippen LogP contribution in [0.1, 0.15) is 13.8 Å². The Hall–Kier alpha value is -1.84. The van der Waals surface area contributed by atoms with Gasteiger partial charge in [-0.25, -0.2) is 0 Å². The van der Waals surface area contributed by atoms with Gasteiger partial charge in [0.2, 0.25) is 0 Å². The van der Waals surface area contributed by atoms with Crippen molar-refractivity contribution < 1.29 is 18.7 Å². The van der Waals surface area contributed by atoms with Crippen molar-refractivity contribution in [1.29, 1.82) is 0 Å². The number of hydrogen-bond acceptors (Lipinski definition) is 3. The lowest BCUT2D eigenvalue weighted by atomic mass is 10.2. The molecule has 0 heterocycles. The summed E-state index contributed by atoms with van der Waals surface area (Å²) in [7, 11) is 0. The molecule has 0 aromatic rings. The maximum atomic E-state index is 12.7. The highest BCUT2D eigenvalue weighted by Gasteiger charge is 2.16. The van der Waals surface area contributed by atoms with Gasteiger partial charge in [0.25, 0.3) is 0 Å². The third-order valence-corrected chi connectivity index (χ3v) is 1.82. The molecule has 0 atom stereocenters. The van der Waals surface area contributed by atoms with Gasteiger partial charge < -0.3 is 9.47 Å². The molecule has 0 aliphatic rings. The Morgan fingerprint density at radius 3 is 2.18 bits per heavy atom. The van der Waals surface area contributed by atoms with Crippen molar-refractivity contribution in [3.05, 3.63) is 48.5 Å². The van der Waals surface area contributed by atoms with Gasteiger partial charge in [-0.1, -0.05) is 25.3 Å². The fourth-order valence-electron chi connectivity index (χ4n) is 1.02. The Labute approximate surface area is 101 Å². The molecule has 0 aromatic heterocycles. The number of allylic oxidation sites excluding steroid dienone is 2. The van der Waals surface area contributed by atoms with E-state index in [2.05, 4.69) is 13.2 Å². The third-order valence-electron chi connectivity index (χ3n) is 1.82. The second-order valence-corrected chi connectivity index (χ2v) is 3.08. The SMILES string of the molecule is C=CCOC(=C(/C)C(=O)F)/C(=C\C)OCC=C. The smallest absolute Gasteiger partial charge is 0.331 e. The van der Waals surface area contributed by atoms with Crippen LogP contribution in [0.15, 0.2) is 48.5 Å². The van der Waals surface area contributed by atoms with Crippen molar-refractivity contribution >= 4 is 6.04 Å². The number of carbonyl (C=O) groups excluding carboxylic acids is 1. The zero-order chi connectivity index (χ0) is 13.3. The van der Waals surface area contributed by atoms with Crippen molar-refractivity contribution in [2.24, 2.45) is 0 Å². The molecule has 0 fully saturated rings. The highest BCUT2D eigenvalue weighted by molar-refractivity contribution is 5.88. The van der Waals surface area contributed by atoms with Gasteiger partial charge in [0.15, 0.2) is 11.5 Å². The Balaban J connectivity index is 5.13. The van der Waals surface area contributed by atoms with Crippen LogP contribution in [0.25, 0.3) is 0 Å². The average Bonchev–Trinajstić information content (AvgIpc) is 2.32.